The number of anilines is 4. The van der Waals surface area contributed by atoms with Gasteiger partial charge in [-0.05, 0) is 55.9 Å². The van der Waals surface area contributed by atoms with Gasteiger partial charge in [0.15, 0.2) is 11.0 Å². The van der Waals surface area contributed by atoms with Crippen molar-refractivity contribution in [2.75, 3.05) is 48.8 Å². The summed E-state index contributed by atoms with van der Waals surface area (Å²) in [6.07, 6.45) is 4.15. The van der Waals surface area contributed by atoms with Crippen molar-refractivity contribution in [3.05, 3.63) is 36.0 Å². The number of nitrogens with one attached hydrogen (secondary N) is 3. The van der Waals surface area contributed by atoms with E-state index in [0.29, 0.717) is 29.4 Å². The number of aromatic nitrogens is 5. The predicted molar refractivity (Wildman–Crippen MR) is 137 cm³/mol. The maximum absolute atomic E-state index is 11.6. The number of nitrogens with zero attached hydrogens (tertiary/aromatic N) is 6. The van der Waals surface area contributed by atoms with Gasteiger partial charge in [0.2, 0.25) is 17.8 Å². The number of likely N-dealkylation sites (N-methyl/N-ethyl adjacent to an activating group) is 1. The van der Waals surface area contributed by atoms with E-state index in [1.54, 1.807) is 0 Å². The summed E-state index contributed by atoms with van der Waals surface area (Å²) < 4.78 is 0. The van der Waals surface area contributed by atoms with E-state index in [2.05, 4.69) is 48.7 Å². The summed E-state index contributed by atoms with van der Waals surface area (Å²) in [6, 6.07) is 9.76. The van der Waals surface area contributed by atoms with Crippen LogP contribution in [0.25, 0.3) is 0 Å². The van der Waals surface area contributed by atoms with Crippen LogP contribution in [-0.4, -0.2) is 69.2 Å². The van der Waals surface area contributed by atoms with Crippen LogP contribution in [0.1, 0.15) is 44.2 Å². The fourth-order valence-electron chi connectivity index (χ4n) is 4.00. The first-order valence-corrected chi connectivity index (χ1v) is 13.0. The third kappa shape index (κ3) is 5.91. The van der Waals surface area contributed by atoms with Crippen molar-refractivity contribution in [1.29, 1.82) is 0 Å². The number of H-pyrrole nitrogens is 1. The summed E-state index contributed by atoms with van der Waals surface area (Å²) in [4.78, 5) is 31.3. The molecule has 10 nitrogen and oxygen atoms in total. The lowest BCUT2D eigenvalue weighted by Gasteiger charge is -2.32. The highest BCUT2D eigenvalue weighted by Gasteiger charge is 2.22. The molecule has 3 N–H and O–H groups in total. The van der Waals surface area contributed by atoms with Crippen LogP contribution < -0.4 is 15.5 Å². The molecule has 2 aliphatic rings. The number of benzene rings is 1. The molecule has 1 saturated carbocycles. The van der Waals surface area contributed by atoms with E-state index in [4.69, 9.17) is 9.97 Å². The minimum absolute atomic E-state index is 0.00534. The van der Waals surface area contributed by atoms with Gasteiger partial charge >= 0.3 is 0 Å². The van der Waals surface area contributed by atoms with Gasteiger partial charge in [-0.2, -0.15) is 20.1 Å². The molecule has 2 fully saturated rings. The maximum atomic E-state index is 11.6. The standard InChI is InChI=1S/C24H31N9OS/c1-3-21(34)25-17-7-9-18(10-8-17)35-24-28-22(26-20-15-19(30-31-20)16-5-4-6-16)27-23(29-24)33-13-11-32(2)12-14-33/h7-10,15-16H,3-6,11-14H2,1-2H3,(H,25,34)(H2,26,27,28,29,30,31). The second kappa shape index (κ2) is 10.6. The van der Waals surface area contributed by atoms with E-state index in [1.807, 2.05) is 31.2 Å². The number of rotatable bonds is 8. The van der Waals surface area contributed by atoms with Crippen LogP contribution >= 0.6 is 11.8 Å². The molecule has 0 unspecified atom stereocenters. The molecular formula is C24H31N9OS. The minimum atomic E-state index is -0.00534. The third-order valence-electron chi connectivity index (χ3n) is 6.44. The van der Waals surface area contributed by atoms with Crippen molar-refractivity contribution < 1.29 is 4.79 Å². The summed E-state index contributed by atoms with van der Waals surface area (Å²) in [7, 11) is 2.13. The average Bonchev–Trinajstić information content (AvgIpc) is 3.27. The molecule has 35 heavy (non-hydrogen) atoms. The predicted octanol–water partition coefficient (Wildman–Crippen LogP) is 3.86. The summed E-state index contributed by atoms with van der Waals surface area (Å²) >= 11 is 1.47. The van der Waals surface area contributed by atoms with Gasteiger partial charge in [0.05, 0.1) is 0 Å². The molecule has 1 saturated heterocycles. The van der Waals surface area contributed by atoms with Crippen LogP contribution in [0.3, 0.4) is 0 Å². The first-order chi connectivity index (χ1) is 17.1. The fraction of sp³-hybridized carbons (Fsp3) is 0.458. The Kier molecular flexibility index (Phi) is 7.14. The van der Waals surface area contributed by atoms with Crippen LogP contribution in [0.5, 0.6) is 0 Å². The van der Waals surface area contributed by atoms with Crippen LogP contribution in [-0.2, 0) is 4.79 Å². The number of piperazine rings is 1. The molecule has 3 heterocycles. The zero-order chi connectivity index (χ0) is 24.2. The fourth-order valence-corrected chi connectivity index (χ4v) is 4.74. The van der Waals surface area contributed by atoms with Gasteiger partial charge in [-0.15, -0.1) is 0 Å². The van der Waals surface area contributed by atoms with E-state index >= 15 is 0 Å². The molecule has 11 heteroatoms. The lowest BCUT2D eigenvalue weighted by molar-refractivity contribution is -0.115. The summed E-state index contributed by atoms with van der Waals surface area (Å²) in [5.74, 6) is 2.44. The highest BCUT2D eigenvalue weighted by molar-refractivity contribution is 7.99. The van der Waals surface area contributed by atoms with Crippen LogP contribution in [0.4, 0.5) is 23.4 Å². The van der Waals surface area contributed by atoms with E-state index in [0.717, 1.165) is 48.3 Å². The highest BCUT2D eigenvalue weighted by Crippen LogP contribution is 2.36. The Labute approximate surface area is 209 Å². The van der Waals surface area contributed by atoms with Gasteiger partial charge in [0.25, 0.3) is 0 Å². The molecule has 1 amide bonds. The van der Waals surface area contributed by atoms with Gasteiger partial charge in [0.1, 0.15) is 0 Å². The van der Waals surface area contributed by atoms with Crippen LogP contribution in [0, 0.1) is 0 Å². The summed E-state index contributed by atoms with van der Waals surface area (Å²) in [5, 5.41) is 14.3. The van der Waals surface area contributed by atoms with Crippen molar-refractivity contribution in [2.45, 2.75) is 48.6 Å². The first-order valence-electron chi connectivity index (χ1n) is 12.2. The molecule has 1 aliphatic carbocycles. The molecule has 0 radical (unpaired) electrons. The van der Waals surface area contributed by atoms with Gasteiger partial charge < -0.3 is 20.4 Å². The lowest BCUT2D eigenvalue weighted by atomic mass is 9.83. The SMILES string of the molecule is CCC(=O)Nc1ccc(Sc2nc(Nc3cc(C4CCC4)[nH]n3)nc(N3CCN(C)CC3)n2)cc1. The Morgan fingerprint density at radius 2 is 1.89 bits per heavy atom. The zero-order valence-electron chi connectivity index (χ0n) is 20.1. The number of amides is 1. The second-order valence-corrected chi connectivity index (χ2v) is 10.1. The lowest BCUT2D eigenvalue weighted by Crippen LogP contribution is -2.45. The number of aromatic amines is 1. The Bertz CT molecular complexity index is 1150. The topological polar surface area (TPSA) is 115 Å². The number of carbonyl (C=O) groups is 1. The van der Waals surface area contributed by atoms with Crippen molar-refractivity contribution in [2.24, 2.45) is 0 Å². The van der Waals surface area contributed by atoms with Crippen LogP contribution in [0.15, 0.2) is 40.4 Å². The Morgan fingerprint density at radius 1 is 1.11 bits per heavy atom. The molecule has 3 aromatic rings. The van der Waals surface area contributed by atoms with Crippen LogP contribution in [0.2, 0.25) is 0 Å². The van der Waals surface area contributed by atoms with Gasteiger partial charge in [-0.25, -0.2) is 0 Å². The van der Waals surface area contributed by atoms with E-state index < -0.39 is 0 Å². The zero-order valence-corrected chi connectivity index (χ0v) is 20.9. The van der Waals surface area contributed by atoms with Crippen molar-refractivity contribution in [3.8, 4) is 0 Å². The normalized spacial score (nSPS) is 16.7. The highest BCUT2D eigenvalue weighted by atomic mass is 32.2. The minimum Gasteiger partial charge on any atom is -0.338 e. The molecule has 5 rings (SSSR count). The molecule has 1 aromatic carbocycles. The Morgan fingerprint density at radius 3 is 2.57 bits per heavy atom. The summed E-state index contributed by atoms with van der Waals surface area (Å²) in [6.45, 7) is 5.49. The van der Waals surface area contributed by atoms with Crippen molar-refractivity contribution in [1.82, 2.24) is 30.0 Å². The molecule has 2 aromatic heterocycles. The van der Waals surface area contributed by atoms with E-state index in [9.17, 15) is 4.79 Å². The quantitative estimate of drug-likeness (QED) is 0.430. The van der Waals surface area contributed by atoms with Gasteiger partial charge in [-0.1, -0.05) is 13.3 Å². The number of carbonyl (C=O) groups excluding carboxylic acids is 1. The maximum Gasteiger partial charge on any atom is 0.234 e. The monoisotopic (exact) mass is 493 g/mol. The molecule has 0 atom stereocenters. The first kappa shape index (κ1) is 23.6. The molecule has 1 aliphatic heterocycles. The largest absolute Gasteiger partial charge is 0.338 e. The van der Waals surface area contributed by atoms with E-state index in [-0.39, 0.29) is 5.91 Å². The molecular weight excluding hydrogens is 462 g/mol. The molecule has 0 bridgehead atoms. The Balaban J connectivity index is 1.36. The molecule has 0 spiro atoms. The number of hydrogen-bond acceptors (Lipinski definition) is 9. The summed E-state index contributed by atoms with van der Waals surface area (Å²) in [5.41, 5.74) is 1.94. The van der Waals surface area contributed by atoms with Gasteiger partial charge in [0, 0.05) is 60.9 Å². The third-order valence-corrected chi connectivity index (χ3v) is 7.31. The van der Waals surface area contributed by atoms with Gasteiger partial charge in [-0.3, -0.25) is 9.89 Å². The smallest absolute Gasteiger partial charge is 0.234 e. The van der Waals surface area contributed by atoms with E-state index in [1.165, 1.54) is 31.0 Å². The van der Waals surface area contributed by atoms with Crippen molar-refractivity contribution in [3.63, 3.8) is 0 Å². The average molecular weight is 494 g/mol. The Hall–Kier alpha value is -3.18. The molecule has 184 valence electrons. The number of hydrogen-bond donors (Lipinski definition) is 3. The van der Waals surface area contributed by atoms with Crippen molar-refractivity contribution >= 4 is 41.1 Å². The second-order valence-electron chi connectivity index (χ2n) is 9.02.